The molecule has 0 bridgehead atoms. The van der Waals surface area contributed by atoms with Gasteiger partial charge in [0.15, 0.2) is 0 Å². The number of nitrogens with one attached hydrogen (secondary N) is 1. The molecule has 4 aromatic carbocycles. The summed E-state index contributed by atoms with van der Waals surface area (Å²) in [5, 5.41) is 16.0. The summed E-state index contributed by atoms with van der Waals surface area (Å²) in [4.78, 5) is 11.9. The average Bonchev–Trinajstić information content (AvgIpc) is 3.01. The van der Waals surface area contributed by atoms with Crippen LogP contribution in [-0.4, -0.2) is 13.1 Å². The first-order valence-electron chi connectivity index (χ1n) is 13.5. The van der Waals surface area contributed by atoms with Crippen LogP contribution in [0.3, 0.4) is 0 Å². The number of hydrogen-bond acceptors (Lipinski definition) is 4. The fourth-order valence-corrected chi connectivity index (χ4v) is 4.79. The summed E-state index contributed by atoms with van der Waals surface area (Å²) >= 11 is 0. The lowest BCUT2D eigenvalue weighted by Gasteiger charge is -2.22. The van der Waals surface area contributed by atoms with E-state index in [0.717, 1.165) is 45.0 Å². The zero-order chi connectivity index (χ0) is 28.3. The van der Waals surface area contributed by atoms with Crippen molar-refractivity contribution in [2.24, 2.45) is 0 Å². The van der Waals surface area contributed by atoms with Crippen LogP contribution in [-0.2, 0) is 11.3 Å². The Hall–Kier alpha value is -4.72. The van der Waals surface area contributed by atoms with Crippen molar-refractivity contribution in [3.63, 3.8) is 0 Å². The van der Waals surface area contributed by atoms with Gasteiger partial charge in [0.2, 0.25) is 0 Å². The molecule has 0 heterocycles. The van der Waals surface area contributed by atoms with Crippen LogP contribution in [0, 0.1) is 11.3 Å². The lowest BCUT2D eigenvalue weighted by molar-refractivity contribution is 0.0600. The van der Waals surface area contributed by atoms with Gasteiger partial charge in [-0.05, 0) is 70.6 Å². The molecule has 0 aromatic heterocycles. The predicted octanol–water partition coefficient (Wildman–Crippen LogP) is 8.46. The summed E-state index contributed by atoms with van der Waals surface area (Å²) in [6.07, 6.45) is 11.5. The number of ether oxygens (including phenoxy) is 1. The molecular formula is C36H34N2O2. The van der Waals surface area contributed by atoms with Gasteiger partial charge in [-0.2, -0.15) is 5.26 Å². The van der Waals surface area contributed by atoms with Gasteiger partial charge < -0.3 is 10.1 Å². The molecule has 40 heavy (non-hydrogen) atoms. The second kappa shape index (κ2) is 13.9. The molecule has 4 heteroatoms. The normalized spacial score (nSPS) is 12.6. The minimum Gasteiger partial charge on any atom is -0.465 e. The van der Waals surface area contributed by atoms with Crippen molar-refractivity contribution in [3.8, 4) is 17.2 Å². The highest BCUT2D eigenvalue weighted by Gasteiger charge is 2.18. The lowest BCUT2D eigenvalue weighted by atomic mass is 9.90. The maximum atomic E-state index is 11.9. The SMILES string of the molecule is C\C=C(/C=C\C=C\CC)C(NCc1ccc(C(=O)OC)cc1)c1ccc(C#N)c(-c2cccc3ccccc23)c1. The number of esters is 1. The first-order chi connectivity index (χ1) is 19.6. The number of carbonyl (C=O) groups is 1. The summed E-state index contributed by atoms with van der Waals surface area (Å²) in [5.41, 5.74) is 6.33. The maximum Gasteiger partial charge on any atom is 0.337 e. The molecular weight excluding hydrogens is 492 g/mol. The van der Waals surface area contributed by atoms with E-state index in [0.29, 0.717) is 17.7 Å². The molecule has 200 valence electrons. The molecule has 0 saturated carbocycles. The van der Waals surface area contributed by atoms with Gasteiger partial charge in [0, 0.05) is 12.1 Å². The number of fused-ring (bicyclic) bond motifs is 1. The second-order valence-corrected chi connectivity index (χ2v) is 9.43. The molecule has 0 radical (unpaired) electrons. The Balaban J connectivity index is 1.75. The molecule has 1 N–H and O–H groups in total. The van der Waals surface area contributed by atoms with E-state index in [-0.39, 0.29) is 12.0 Å². The van der Waals surface area contributed by atoms with Crippen LogP contribution in [0.15, 0.2) is 121 Å². The number of nitrogens with zero attached hydrogens (tertiary/aromatic N) is 1. The Morgan fingerprint density at radius 3 is 2.48 bits per heavy atom. The fourth-order valence-electron chi connectivity index (χ4n) is 4.79. The number of allylic oxidation sites excluding steroid dienone is 4. The standard InChI is InChI=1S/C36H34N2O2/c1-4-6-7-8-12-27(5-2)35(38-25-26-17-19-29(20-18-26)36(39)40-3)30-21-22-31(24-37)34(23-30)33-16-11-14-28-13-9-10-15-32(28)33/h5-23,35,38H,4,25H2,1-3H3/b7-6+,12-8-,27-5+. The maximum absolute atomic E-state index is 11.9. The zero-order valence-corrected chi connectivity index (χ0v) is 23.2. The third-order valence-electron chi connectivity index (χ3n) is 6.90. The second-order valence-electron chi connectivity index (χ2n) is 9.43. The number of nitriles is 1. The van der Waals surface area contributed by atoms with Crippen molar-refractivity contribution >= 4 is 16.7 Å². The molecule has 0 fully saturated rings. The highest BCUT2D eigenvalue weighted by Crippen LogP contribution is 2.34. The summed E-state index contributed by atoms with van der Waals surface area (Å²) in [5.74, 6) is -0.350. The van der Waals surface area contributed by atoms with E-state index in [9.17, 15) is 10.1 Å². The van der Waals surface area contributed by atoms with Crippen LogP contribution < -0.4 is 5.32 Å². The number of rotatable bonds is 10. The highest BCUT2D eigenvalue weighted by molar-refractivity contribution is 5.98. The largest absolute Gasteiger partial charge is 0.465 e. The molecule has 4 nitrogen and oxygen atoms in total. The van der Waals surface area contributed by atoms with Gasteiger partial charge >= 0.3 is 5.97 Å². The van der Waals surface area contributed by atoms with E-state index in [4.69, 9.17) is 4.74 Å². The van der Waals surface area contributed by atoms with Gasteiger partial charge in [-0.15, -0.1) is 0 Å². The van der Waals surface area contributed by atoms with Crippen LogP contribution in [0.5, 0.6) is 0 Å². The zero-order valence-electron chi connectivity index (χ0n) is 23.2. The number of carbonyl (C=O) groups excluding carboxylic acids is 1. The Morgan fingerprint density at radius 1 is 0.975 bits per heavy atom. The van der Waals surface area contributed by atoms with E-state index in [2.05, 4.69) is 79.0 Å². The van der Waals surface area contributed by atoms with E-state index in [1.54, 1.807) is 12.1 Å². The van der Waals surface area contributed by atoms with Crippen molar-refractivity contribution in [2.45, 2.75) is 32.9 Å². The van der Waals surface area contributed by atoms with Crippen LogP contribution in [0.1, 0.15) is 53.4 Å². The summed E-state index contributed by atoms with van der Waals surface area (Å²) < 4.78 is 4.83. The third-order valence-corrected chi connectivity index (χ3v) is 6.90. The van der Waals surface area contributed by atoms with Crippen LogP contribution in [0.4, 0.5) is 0 Å². The van der Waals surface area contributed by atoms with Crippen LogP contribution in [0.25, 0.3) is 21.9 Å². The van der Waals surface area contributed by atoms with Crippen molar-refractivity contribution in [3.05, 3.63) is 143 Å². The van der Waals surface area contributed by atoms with Crippen LogP contribution in [0.2, 0.25) is 0 Å². The van der Waals surface area contributed by atoms with Gasteiger partial charge in [-0.3, -0.25) is 0 Å². The topological polar surface area (TPSA) is 62.1 Å². The Kier molecular flexibility index (Phi) is 9.83. The van der Waals surface area contributed by atoms with E-state index >= 15 is 0 Å². The molecule has 4 aromatic rings. The smallest absolute Gasteiger partial charge is 0.337 e. The summed E-state index contributed by atoms with van der Waals surface area (Å²) in [7, 11) is 1.38. The predicted molar refractivity (Wildman–Crippen MR) is 164 cm³/mol. The van der Waals surface area contributed by atoms with Gasteiger partial charge in [0.1, 0.15) is 0 Å². The van der Waals surface area contributed by atoms with E-state index in [1.165, 1.54) is 7.11 Å². The van der Waals surface area contributed by atoms with Gasteiger partial charge in [-0.25, -0.2) is 4.79 Å². The van der Waals surface area contributed by atoms with Crippen LogP contribution >= 0.6 is 0 Å². The molecule has 1 atom stereocenters. The van der Waals surface area contributed by atoms with Crippen molar-refractivity contribution in [2.75, 3.05) is 7.11 Å². The highest BCUT2D eigenvalue weighted by atomic mass is 16.5. The summed E-state index contributed by atoms with van der Waals surface area (Å²) in [6.45, 7) is 4.74. The monoisotopic (exact) mass is 526 g/mol. The minimum atomic E-state index is -0.350. The molecule has 0 aliphatic heterocycles. The summed E-state index contributed by atoms with van der Waals surface area (Å²) in [6, 6.07) is 30.3. The molecule has 0 aliphatic carbocycles. The molecule has 4 rings (SSSR count). The lowest BCUT2D eigenvalue weighted by Crippen LogP contribution is -2.22. The first kappa shape index (κ1) is 28.3. The van der Waals surface area contributed by atoms with Gasteiger partial charge in [0.05, 0.1) is 30.3 Å². The number of benzene rings is 4. The molecule has 1 unspecified atom stereocenters. The Labute approximate surface area is 236 Å². The van der Waals surface area contributed by atoms with Crippen molar-refractivity contribution in [1.82, 2.24) is 5.32 Å². The quantitative estimate of drug-likeness (QED) is 0.166. The van der Waals surface area contributed by atoms with Crippen molar-refractivity contribution in [1.29, 1.82) is 5.26 Å². The average molecular weight is 527 g/mol. The number of hydrogen-bond donors (Lipinski definition) is 1. The fraction of sp³-hybridized carbons (Fsp3) is 0.167. The Morgan fingerprint density at radius 2 is 1.75 bits per heavy atom. The van der Waals surface area contributed by atoms with Gasteiger partial charge in [0.25, 0.3) is 0 Å². The molecule has 0 aliphatic rings. The number of methoxy groups -OCH3 is 1. The van der Waals surface area contributed by atoms with E-state index < -0.39 is 0 Å². The Bertz CT molecular complexity index is 1600. The molecule has 0 spiro atoms. The van der Waals surface area contributed by atoms with Crippen molar-refractivity contribution < 1.29 is 9.53 Å². The minimum absolute atomic E-state index is 0.127. The third kappa shape index (κ3) is 6.64. The van der Waals surface area contributed by atoms with E-state index in [1.807, 2.05) is 49.4 Å². The first-order valence-corrected chi connectivity index (χ1v) is 13.5. The molecule has 0 amide bonds. The van der Waals surface area contributed by atoms with Gasteiger partial charge in [-0.1, -0.05) is 98.0 Å². The molecule has 0 saturated heterocycles.